The number of ether oxygens (including phenoxy) is 1. The van der Waals surface area contributed by atoms with Gasteiger partial charge < -0.3 is 9.64 Å². The Hall–Kier alpha value is -2.55. The molecule has 0 radical (unpaired) electrons. The first-order chi connectivity index (χ1) is 11.3. The first kappa shape index (κ1) is 16.3. The van der Waals surface area contributed by atoms with Gasteiger partial charge in [0.15, 0.2) is 0 Å². The maximum atomic E-state index is 12.8. The standard InChI is InChI=1S/C18H21N3O3/c1-18(2,3)24-17(23)21-9-7-15(21)16(22)20-8-6-13-10-12(11-19)4-5-14(13)20/h4-5,10,15H,6-9H2,1-3H3/t15-/m1/s1. The number of fused-ring (bicyclic) bond motifs is 1. The number of likely N-dealkylation sites (tertiary alicyclic amines) is 1. The van der Waals surface area contributed by atoms with E-state index in [9.17, 15) is 9.59 Å². The number of hydrogen-bond acceptors (Lipinski definition) is 4. The Bertz CT molecular complexity index is 730. The molecule has 0 bridgehead atoms. The molecule has 2 aliphatic rings. The summed E-state index contributed by atoms with van der Waals surface area (Å²) in [6, 6.07) is 7.02. The predicted molar refractivity (Wildman–Crippen MR) is 88.6 cm³/mol. The number of anilines is 1. The average molecular weight is 327 g/mol. The van der Waals surface area contributed by atoms with Crippen LogP contribution >= 0.6 is 0 Å². The number of rotatable bonds is 1. The van der Waals surface area contributed by atoms with E-state index >= 15 is 0 Å². The zero-order valence-electron chi connectivity index (χ0n) is 14.2. The number of nitrogens with zero attached hydrogens (tertiary/aromatic N) is 3. The summed E-state index contributed by atoms with van der Waals surface area (Å²) in [5.41, 5.74) is 1.87. The molecule has 6 heteroatoms. The van der Waals surface area contributed by atoms with Gasteiger partial charge in [-0.2, -0.15) is 5.26 Å². The second-order valence-corrected chi connectivity index (χ2v) is 7.17. The van der Waals surface area contributed by atoms with Gasteiger partial charge in [0.05, 0.1) is 11.6 Å². The largest absolute Gasteiger partial charge is 0.444 e. The lowest BCUT2D eigenvalue weighted by atomic mass is 10.0. The fourth-order valence-corrected chi connectivity index (χ4v) is 3.06. The lowest BCUT2D eigenvalue weighted by Gasteiger charge is -2.41. The van der Waals surface area contributed by atoms with Crippen LogP contribution in [0, 0.1) is 11.3 Å². The van der Waals surface area contributed by atoms with Crippen LogP contribution in [0.15, 0.2) is 18.2 Å². The van der Waals surface area contributed by atoms with Crippen LogP contribution in [0.4, 0.5) is 10.5 Å². The van der Waals surface area contributed by atoms with Gasteiger partial charge in [0.2, 0.25) is 5.91 Å². The molecule has 0 aliphatic carbocycles. The Labute approximate surface area is 141 Å². The first-order valence-corrected chi connectivity index (χ1v) is 8.14. The Morgan fingerprint density at radius 1 is 1.29 bits per heavy atom. The quantitative estimate of drug-likeness (QED) is 0.794. The van der Waals surface area contributed by atoms with E-state index in [1.54, 1.807) is 11.0 Å². The van der Waals surface area contributed by atoms with Crippen LogP contribution < -0.4 is 4.90 Å². The van der Waals surface area contributed by atoms with Crippen LogP contribution in [0.3, 0.4) is 0 Å². The normalized spacial score (nSPS) is 19.3. The molecule has 0 aromatic heterocycles. The van der Waals surface area contributed by atoms with Crippen molar-refractivity contribution in [2.75, 3.05) is 18.0 Å². The third kappa shape index (κ3) is 2.94. The van der Waals surface area contributed by atoms with Crippen molar-refractivity contribution in [3.05, 3.63) is 29.3 Å². The van der Waals surface area contributed by atoms with Crippen molar-refractivity contribution in [3.63, 3.8) is 0 Å². The van der Waals surface area contributed by atoms with E-state index in [-0.39, 0.29) is 5.91 Å². The van der Waals surface area contributed by atoms with Crippen molar-refractivity contribution in [1.82, 2.24) is 4.90 Å². The van der Waals surface area contributed by atoms with E-state index < -0.39 is 17.7 Å². The highest BCUT2D eigenvalue weighted by atomic mass is 16.6. The summed E-state index contributed by atoms with van der Waals surface area (Å²) in [5.74, 6) is -0.0735. The van der Waals surface area contributed by atoms with Gasteiger partial charge in [0.1, 0.15) is 11.6 Å². The lowest BCUT2D eigenvalue weighted by Crippen LogP contribution is -2.59. The predicted octanol–water partition coefficient (Wildman–Crippen LogP) is 2.46. The number of benzene rings is 1. The fourth-order valence-electron chi connectivity index (χ4n) is 3.06. The monoisotopic (exact) mass is 327 g/mol. The topological polar surface area (TPSA) is 73.6 Å². The highest BCUT2D eigenvalue weighted by Crippen LogP contribution is 2.32. The van der Waals surface area contributed by atoms with E-state index in [1.807, 2.05) is 32.9 Å². The minimum absolute atomic E-state index is 0.0735. The van der Waals surface area contributed by atoms with Gasteiger partial charge in [-0.1, -0.05) is 0 Å². The molecule has 0 N–H and O–H groups in total. The van der Waals surface area contributed by atoms with Crippen LogP contribution in [-0.2, 0) is 16.0 Å². The molecule has 1 atom stereocenters. The Morgan fingerprint density at radius 3 is 2.62 bits per heavy atom. The van der Waals surface area contributed by atoms with E-state index in [2.05, 4.69) is 6.07 Å². The number of hydrogen-bond donors (Lipinski definition) is 0. The van der Waals surface area contributed by atoms with Gasteiger partial charge in [-0.05, 0) is 57.4 Å². The summed E-state index contributed by atoms with van der Waals surface area (Å²) in [6.07, 6.45) is 0.946. The minimum atomic E-state index is -0.575. The van der Waals surface area contributed by atoms with E-state index in [0.29, 0.717) is 25.1 Å². The number of amides is 2. The number of carbonyl (C=O) groups excluding carboxylic acids is 2. The molecular weight excluding hydrogens is 306 g/mol. The van der Waals surface area contributed by atoms with Crippen molar-refractivity contribution in [1.29, 1.82) is 5.26 Å². The molecular formula is C18H21N3O3. The second kappa shape index (κ2) is 5.82. The SMILES string of the molecule is CC(C)(C)OC(=O)N1CC[C@@H]1C(=O)N1CCc2cc(C#N)ccc21. The molecule has 0 unspecified atom stereocenters. The summed E-state index contributed by atoms with van der Waals surface area (Å²) >= 11 is 0. The zero-order valence-corrected chi connectivity index (χ0v) is 14.2. The molecule has 2 amide bonds. The van der Waals surface area contributed by atoms with Gasteiger partial charge in [-0.3, -0.25) is 9.69 Å². The third-order valence-corrected chi connectivity index (χ3v) is 4.30. The first-order valence-electron chi connectivity index (χ1n) is 8.14. The van der Waals surface area contributed by atoms with Gasteiger partial charge in [-0.15, -0.1) is 0 Å². The summed E-state index contributed by atoms with van der Waals surface area (Å²) in [7, 11) is 0. The van der Waals surface area contributed by atoms with Crippen LogP contribution in [0.25, 0.3) is 0 Å². The third-order valence-electron chi connectivity index (χ3n) is 4.30. The maximum Gasteiger partial charge on any atom is 0.410 e. The molecule has 1 aromatic carbocycles. The van der Waals surface area contributed by atoms with E-state index in [0.717, 1.165) is 17.7 Å². The molecule has 0 spiro atoms. The molecule has 24 heavy (non-hydrogen) atoms. The van der Waals surface area contributed by atoms with Crippen LogP contribution in [0.5, 0.6) is 0 Å². The van der Waals surface area contributed by atoms with Gasteiger partial charge >= 0.3 is 6.09 Å². The van der Waals surface area contributed by atoms with Crippen molar-refractivity contribution in [2.24, 2.45) is 0 Å². The fraction of sp³-hybridized carbons (Fsp3) is 0.500. The van der Waals surface area contributed by atoms with Crippen LogP contribution in [0.2, 0.25) is 0 Å². The molecule has 2 heterocycles. The van der Waals surface area contributed by atoms with Crippen LogP contribution in [0.1, 0.15) is 38.3 Å². The van der Waals surface area contributed by atoms with Crippen molar-refractivity contribution in [3.8, 4) is 6.07 Å². The number of nitriles is 1. The number of carbonyl (C=O) groups is 2. The van der Waals surface area contributed by atoms with Crippen molar-refractivity contribution >= 4 is 17.7 Å². The summed E-state index contributed by atoms with van der Waals surface area (Å²) in [6.45, 7) is 6.56. The van der Waals surface area contributed by atoms with E-state index in [1.165, 1.54) is 4.90 Å². The molecule has 2 aliphatic heterocycles. The molecule has 3 rings (SSSR count). The van der Waals surface area contributed by atoms with Crippen molar-refractivity contribution < 1.29 is 14.3 Å². The second-order valence-electron chi connectivity index (χ2n) is 7.17. The Morgan fingerprint density at radius 2 is 2.04 bits per heavy atom. The average Bonchev–Trinajstić information content (AvgIpc) is 2.86. The van der Waals surface area contributed by atoms with E-state index in [4.69, 9.17) is 10.00 Å². The summed E-state index contributed by atoms with van der Waals surface area (Å²) < 4.78 is 5.36. The maximum absolute atomic E-state index is 12.8. The smallest absolute Gasteiger partial charge is 0.410 e. The molecule has 1 fully saturated rings. The Kier molecular flexibility index (Phi) is 3.96. The lowest BCUT2D eigenvalue weighted by molar-refractivity contribution is -0.127. The highest BCUT2D eigenvalue weighted by molar-refractivity contribution is 6.01. The minimum Gasteiger partial charge on any atom is -0.444 e. The molecule has 126 valence electrons. The summed E-state index contributed by atoms with van der Waals surface area (Å²) in [5, 5.41) is 8.98. The Balaban J connectivity index is 1.73. The van der Waals surface area contributed by atoms with Crippen LogP contribution in [-0.4, -0.2) is 41.6 Å². The molecule has 1 saturated heterocycles. The van der Waals surface area contributed by atoms with Gasteiger partial charge in [-0.25, -0.2) is 4.79 Å². The summed E-state index contributed by atoms with van der Waals surface area (Å²) in [4.78, 5) is 28.2. The van der Waals surface area contributed by atoms with Gasteiger partial charge in [0.25, 0.3) is 0 Å². The van der Waals surface area contributed by atoms with Crippen molar-refractivity contribution in [2.45, 2.75) is 45.3 Å². The molecule has 6 nitrogen and oxygen atoms in total. The zero-order chi connectivity index (χ0) is 17.5. The highest BCUT2D eigenvalue weighted by Gasteiger charge is 2.43. The molecule has 1 aromatic rings. The van der Waals surface area contributed by atoms with Gasteiger partial charge in [0, 0.05) is 18.8 Å². The molecule has 0 saturated carbocycles.